The molecule has 212 valence electrons. The molecule has 8 nitrogen and oxygen atoms in total. The highest BCUT2D eigenvalue weighted by molar-refractivity contribution is 6.02. The maximum atomic E-state index is 12.4. The molecule has 40 heavy (non-hydrogen) atoms. The molecule has 0 fully saturated rings. The van der Waals surface area contributed by atoms with Crippen molar-refractivity contribution in [1.29, 1.82) is 5.41 Å². The third kappa shape index (κ3) is 7.27. The summed E-state index contributed by atoms with van der Waals surface area (Å²) in [7, 11) is 0. The van der Waals surface area contributed by atoms with E-state index >= 15 is 0 Å². The number of aromatic hydroxyl groups is 1. The number of phenolic OH excluding ortho intramolecular Hbond substituents is 1. The Morgan fingerprint density at radius 2 is 1.82 bits per heavy atom. The number of benzene rings is 3. The Labute approximate surface area is 241 Å². The molecule has 0 aliphatic carbocycles. The number of phenols is 1. The Morgan fingerprint density at radius 3 is 2.52 bits per heavy atom. The fourth-order valence-electron chi connectivity index (χ4n) is 4.72. The molecule has 3 aromatic carbocycles. The number of fused-ring (bicyclic) bond motifs is 1. The fraction of sp³-hybridized carbons (Fsp3) is 0.290. The first-order valence-corrected chi connectivity index (χ1v) is 13.0. The van der Waals surface area contributed by atoms with Crippen molar-refractivity contribution in [2.24, 2.45) is 5.73 Å². The molecule has 1 heterocycles. The number of nitrogens with two attached hydrogens (primary N) is 1. The van der Waals surface area contributed by atoms with E-state index < -0.39 is 0 Å². The monoisotopic (exact) mass is 564 g/mol. The van der Waals surface area contributed by atoms with Crippen LogP contribution < -0.4 is 25.8 Å². The highest BCUT2D eigenvalue weighted by atomic mass is 35.5. The first-order valence-electron chi connectivity index (χ1n) is 13.0. The van der Waals surface area contributed by atoms with Gasteiger partial charge in [-0.2, -0.15) is 0 Å². The first-order chi connectivity index (χ1) is 18.5. The Hall–Kier alpha value is -4.17. The summed E-state index contributed by atoms with van der Waals surface area (Å²) in [6, 6.07) is 14.5. The van der Waals surface area contributed by atoms with Crippen molar-refractivity contribution in [1.82, 2.24) is 0 Å². The van der Waals surface area contributed by atoms with Gasteiger partial charge in [0.2, 0.25) is 5.91 Å². The van der Waals surface area contributed by atoms with Crippen LogP contribution >= 0.6 is 12.4 Å². The van der Waals surface area contributed by atoms with Crippen molar-refractivity contribution in [3.05, 3.63) is 82.4 Å². The van der Waals surface area contributed by atoms with Crippen molar-refractivity contribution in [2.75, 3.05) is 17.2 Å². The summed E-state index contributed by atoms with van der Waals surface area (Å²) in [5.41, 5.74) is 11.0. The van der Waals surface area contributed by atoms with Crippen molar-refractivity contribution in [3.8, 4) is 17.2 Å². The molecular formula is C31H37ClN4O4. The van der Waals surface area contributed by atoms with Crippen molar-refractivity contribution >= 4 is 41.7 Å². The molecule has 4 rings (SSSR count). The zero-order valence-corrected chi connectivity index (χ0v) is 24.1. The lowest BCUT2D eigenvalue weighted by Crippen LogP contribution is -2.38. The smallest absolute Gasteiger partial charge is 0.248 e. The molecule has 0 saturated carbocycles. The fourth-order valence-corrected chi connectivity index (χ4v) is 4.72. The maximum absolute atomic E-state index is 12.4. The van der Waals surface area contributed by atoms with E-state index in [2.05, 4.69) is 17.6 Å². The third-order valence-electron chi connectivity index (χ3n) is 7.21. The SMILES string of the molecule is Cc1c(C)c2c(c(C)c1O)CCC(C)(CCOc1ccc(NC(=O)/C=C/c3cccc(NC(=N)N)c3)cc1)O2.Cl. The van der Waals surface area contributed by atoms with E-state index in [0.29, 0.717) is 29.5 Å². The van der Waals surface area contributed by atoms with Crippen LogP contribution in [0.25, 0.3) is 6.08 Å². The first kappa shape index (κ1) is 30.4. The Kier molecular flexibility index (Phi) is 9.71. The van der Waals surface area contributed by atoms with E-state index in [0.717, 1.165) is 52.8 Å². The number of carbonyl (C=O) groups is 1. The quantitative estimate of drug-likeness (QED) is 0.125. The number of guanidine groups is 1. The maximum Gasteiger partial charge on any atom is 0.248 e. The summed E-state index contributed by atoms with van der Waals surface area (Å²) in [6.07, 6.45) is 5.57. The van der Waals surface area contributed by atoms with Crippen LogP contribution in [0.1, 0.15) is 47.6 Å². The summed E-state index contributed by atoms with van der Waals surface area (Å²) in [6.45, 7) is 8.47. The zero-order valence-electron chi connectivity index (χ0n) is 23.3. The van der Waals surface area contributed by atoms with Crippen LogP contribution in [0.4, 0.5) is 11.4 Å². The van der Waals surface area contributed by atoms with E-state index in [9.17, 15) is 9.90 Å². The van der Waals surface area contributed by atoms with Crippen LogP contribution in [0.15, 0.2) is 54.6 Å². The van der Waals surface area contributed by atoms with Gasteiger partial charge in [0.05, 0.1) is 6.61 Å². The van der Waals surface area contributed by atoms with Crippen LogP contribution in [0.2, 0.25) is 0 Å². The summed E-state index contributed by atoms with van der Waals surface area (Å²) in [5.74, 6) is 1.57. The van der Waals surface area contributed by atoms with Crippen LogP contribution in [0.3, 0.4) is 0 Å². The number of nitrogens with one attached hydrogen (secondary N) is 3. The topological polar surface area (TPSA) is 130 Å². The lowest BCUT2D eigenvalue weighted by atomic mass is 9.86. The highest BCUT2D eigenvalue weighted by Gasteiger charge is 2.34. The number of carbonyl (C=O) groups excluding carboxylic acids is 1. The van der Waals surface area contributed by atoms with Gasteiger partial charge in [-0.3, -0.25) is 10.2 Å². The van der Waals surface area contributed by atoms with Crippen LogP contribution in [-0.2, 0) is 11.2 Å². The van der Waals surface area contributed by atoms with E-state index in [4.69, 9.17) is 20.6 Å². The molecule has 9 heteroatoms. The number of hydrogen-bond donors (Lipinski definition) is 5. The number of anilines is 2. The van der Waals surface area contributed by atoms with Gasteiger partial charge in [0.1, 0.15) is 22.8 Å². The van der Waals surface area contributed by atoms with Gasteiger partial charge in [0.25, 0.3) is 0 Å². The van der Waals surface area contributed by atoms with Gasteiger partial charge >= 0.3 is 0 Å². The molecule has 3 aromatic rings. The normalized spacial score (nSPS) is 15.9. The number of hydrogen-bond acceptors (Lipinski definition) is 5. The van der Waals surface area contributed by atoms with Gasteiger partial charge in [-0.05, 0) is 105 Å². The molecule has 0 spiro atoms. The molecular weight excluding hydrogens is 528 g/mol. The molecule has 1 aliphatic rings. The van der Waals surface area contributed by atoms with Crippen LogP contribution in [-0.4, -0.2) is 29.2 Å². The number of rotatable bonds is 8. The molecule has 1 aliphatic heterocycles. The van der Waals surface area contributed by atoms with Gasteiger partial charge in [-0.1, -0.05) is 12.1 Å². The molecule has 0 bridgehead atoms. The van der Waals surface area contributed by atoms with Crippen molar-refractivity contribution in [3.63, 3.8) is 0 Å². The second kappa shape index (κ2) is 12.8. The average Bonchev–Trinajstić information content (AvgIpc) is 2.90. The third-order valence-corrected chi connectivity index (χ3v) is 7.21. The van der Waals surface area contributed by atoms with Gasteiger partial charge in [0, 0.05) is 29.4 Å². The predicted molar refractivity (Wildman–Crippen MR) is 163 cm³/mol. The molecule has 1 unspecified atom stereocenters. The van der Waals surface area contributed by atoms with E-state index in [1.807, 2.05) is 45.0 Å². The van der Waals surface area contributed by atoms with Gasteiger partial charge < -0.3 is 30.9 Å². The largest absolute Gasteiger partial charge is 0.507 e. The second-order valence-electron chi connectivity index (χ2n) is 10.2. The second-order valence-corrected chi connectivity index (χ2v) is 10.2. The Morgan fingerprint density at radius 1 is 1.10 bits per heavy atom. The standard InChI is InChI=1S/C31H36N4O4.ClH/c1-19-20(2)29-26(21(3)28(19)37)14-15-31(4,39-29)16-17-38-25-11-9-23(10-12-25)34-27(36)13-8-22-6-5-7-24(18-22)35-30(32)33;/h5-13,18,37H,14-17H2,1-4H3,(H,34,36)(H4,32,33,35);1H/b13-8+;. The lowest BCUT2D eigenvalue weighted by Gasteiger charge is -2.38. The molecule has 6 N–H and O–H groups in total. The van der Waals surface area contributed by atoms with Gasteiger partial charge in [0.15, 0.2) is 5.96 Å². The molecule has 0 aromatic heterocycles. The van der Waals surface area contributed by atoms with Gasteiger partial charge in [-0.25, -0.2) is 0 Å². The molecule has 0 saturated heterocycles. The lowest BCUT2D eigenvalue weighted by molar-refractivity contribution is -0.111. The summed E-state index contributed by atoms with van der Waals surface area (Å²) >= 11 is 0. The summed E-state index contributed by atoms with van der Waals surface area (Å²) in [5, 5.41) is 23.3. The number of ether oxygens (including phenoxy) is 2. The molecule has 1 atom stereocenters. The Balaban J connectivity index is 0.00000441. The number of halogens is 1. The minimum absolute atomic E-state index is 0. The predicted octanol–water partition coefficient (Wildman–Crippen LogP) is 6.25. The average molecular weight is 565 g/mol. The van der Waals surface area contributed by atoms with Crippen LogP contribution in [0, 0.1) is 26.2 Å². The molecule has 1 amide bonds. The van der Waals surface area contributed by atoms with Crippen LogP contribution in [0.5, 0.6) is 17.2 Å². The van der Waals surface area contributed by atoms with Crippen molar-refractivity contribution < 1.29 is 19.4 Å². The van der Waals surface area contributed by atoms with E-state index in [1.165, 1.54) is 6.08 Å². The number of amides is 1. The highest BCUT2D eigenvalue weighted by Crippen LogP contribution is 2.44. The van der Waals surface area contributed by atoms with Gasteiger partial charge in [-0.15, -0.1) is 12.4 Å². The summed E-state index contributed by atoms with van der Waals surface area (Å²) < 4.78 is 12.5. The van der Waals surface area contributed by atoms with Crippen molar-refractivity contribution in [2.45, 2.75) is 52.6 Å². The zero-order chi connectivity index (χ0) is 28.2. The van der Waals surface area contributed by atoms with E-state index in [1.54, 1.807) is 30.3 Å². The summed E-state index contributed by atoms with van der Waals surface area (Å²) in [4.78, 5) is 12.4. The molecule has 0 radical (unpaired) electrons. The minimum atomic E-state index is -0.352. The Bertz CT molecular complexity index is 1420. The minimum Gasteiger partial charge on any atom is -0.507 e. The van der Waals surface area contributed by atoms with E-state index in [-0.39, 0.29) is 29.9 Å².